The van der Waals surface area contributed by atoms with Crippen molar-refractivity contribution in [3.63, 3.8) is 0 Å². The first-order valence-corrected chi connectivity index (χ1v) is 11.2. The normalized spacial score (nSPS) is 11.8. The zero-order chi connectivity index (χ0) is 21.5. The van der Waals surface area contributed by atoms with E-state index >= 15 is 0 Å². The molecule has 154 valence electrons. The largest absolute Gasteiger partial charge is 0.324 e. The zero-order valence-corrected chi connectivity index (χ0v) is 18.4. The maximum atomic E-state index is 13.1. The fourth-order valence-electron chi connectivity index (χ4n) is 3.23. The number of nitrogens with one attached hydrogen (secondary N) is 1. The molecule has 0 aliphatic rings. The third-order valence-corrected chi connectivity index (χ3v) is 6.21. The molecule has 0 saturated heterocycles. The molecular formula is C24H26N4OS. The molecule has 0 spiro atoms. The summed E-state index contributed by atoms with van der Waals surface area (Å²) in [6, 6.07) is 15.6. The molecule has 3 rings (SSSR count). The van der Waals surface area contributed by atoms with Crippen LogP contribution in [0.15, 0.2) is 47.5 Å². The molecule has 0 aliphatic heterocycles. The molecule has 1 amide bonds. The first-order chi connectivity index (χ1) is 14.5. The van der Waals surface area contributed by atoms with Gasteiger partial charge in [-0.1, -0.05) is 50.2 Å². The van der Waals surface area contributed by atoms with Gasteiger partial charge in [-0.05, 0) is 50.5 Å². The maximum Gasteiger partial charge on any atom is 0.237 e. The number of rotatable bonds is 8. The van der Waals surface area contributed by atoms with Crippen LogP contribution in [0.3, 0.4) is 0 Å². The van der Waals surface area contributed by atoms with Crippen LogP contribution in [0.1, 0.15) is 50.1 Å². The Morgan fingerprint density at radius 1 is 1.20 bits per heavy atom. The van der Waals surface area contributed by atoms with E-state index in [-0.39, 0.29) is 11.2 Å². The summed E-state index contributed by atoms with van der Waals surface area (Å²) in [5.74, 6) is -0.0945. The van der Waals surface area contributed by atoms with E-state index in [1.165, 1.54) is 11.8 Å². The highest BCUT2D eigenvalue weighted by atomic mass is 32.2. The Morgan fingerprint density at radius 2 is 2.00 bits per heavy atom. The van der Waals surface area contributed by atoms with Gasteiger partial charge in [0.2, 0.25) is 5.91 Å². The zero-order valence-electron chi connectivity index (χ0n) is 17.6. The van der Waals surface area contributed by atoms with E-state index in [2.05, 4.69) is 28.3 Å². The summed E-state index contributed by atoms with van der Waals surface area (Å²) < 4.78 is 0. The number of aryl methyl sites for hydroxylation is 2. The number of hydrogen-bond donors (Lipinski definition) is 1. The van der Waals surface area contributed by atoms with Crippen LogP contribution in [0.4, 0.5) is 5.69 Å². The molecule has 5 nitrogen and oxygen atoms in total. The van der Waals surface area contributed by atoms with E-state index in [4.69, 9.17) is 0 Å². The number of thioether (sulfide) groups is 1. The summed E-state index contributed by atoms with van der Waals surface area (Å²) in [4.78, 5) is 22.3. The summed E-state index contributed by atoms with van der Waals surface area (Å²) in [5, 5.41) is 13.7. The number of carbonyl (C=O) groups is 1. The number of benzene rings is 1. The van der Waals surface area contributed by atoms with E-state index < -0.39 is 0 Å². The molecule has 1 unspecified atom stereocenters. The van der Waals surface area contributed by atoms with Crippen molar-refractivity contribution in [3.8, 4) is 6.07 Å². The Kier molecular flexibility index (Phi) is 7.42. The van der Waals surface area contributed by atoms with Crippen LogP contribution in [0.2, 0.25) is 0 Å². The van der Waals surface area contributed by atoms with Crippen molar-refractivity contribution in [1.29, 1.82) is 5.26 Å². The highest BCUT2D eigenvalue weighted by Crippen LogP contribution is 2.30. The number of unbranched alkanes of at least 4 members (excludes halogenated alkanes) is 1. The van der Waals surface area contributed by atoms with Gasteiger partial charge in [-0.3, -0.25) is 9.78 Å². The number of anilines is 1. The second-order valence-electron chi connectivity index (χ2n) is 7.20. The lowest BCUT2D eigenvalue weighted by Crippen LogP contribution is -2.25. The Bertz CT molecular complexity index is 1090. The molecule has 0 aliphatic carbocycles. The van der Waals surface area contributed by atoms with E-state index in [0.29, 0.717) is 17.0 Å². The third kappa shape index (κ3) is 5.17. The van der Waals surface area contributed by atoms with Crippen molar-refractivity contribution in [1.82, 2.24) is 9.97 Å². The average molecular weight is 419 g/mol. The Labute approximate surface area is 181 Å². The minimum absolute atomic E-state index is 0.0945. The van der Waals surface area contributed by atoms with Crippen LogP contribution in [-0.4, -0.2) is 21.1 Å². The molecule has 0 radical (unpaired) electrons. The number of nitrogens with zero attached hydrogens (tertiary/aromatic N) is 3. The molecule has 2 heterocycles. The van der Waals surface area contributed by atoms with Crippen molar-refractivity contribution < 1.29 is 4.79 Å². The summed E-state index contributed by atoms with van der Waals surface area (Å²) in [5.41, 5.74) is 3.93. The number of nitriles is 1. The van der Waals surface area contributed by atoms with E-state index in [9.17, 15) is 10.1 Å². The molecule has 2 aromatic heterocycles. The summed E-state index contributed by atoms with van der Waals surface area (Å²) >= 11 is 1.36. The molecule has 6 heteroatoms. The van der Waals surface area contributed by atoms with E-state index in [0.717, 1.165) is 47.2 Å². The van der Waals surface area contributed by atoms with Crippen molar-refractivity contribution in [2.24, 2.45) is 0 Å². The molecule has 0 bridgehead atoms. The smallest absolute Gasteiger partial charge is 0.237 e. The number of para-hydroxylation sites is 1. The molecule has 1 atom stereocenters. The number of aromatic nitrogens is 2. The van der Waals surface area contributed by atoms with Crippen LogP contribution >= 0.6 is 11.8 Å². The van der Waals surface area contributed by atoms with Crippen LogP contribution in [0.25, 0.3) is 10.9 Å². The molecule has 0 fully saturated rings. The van der Waals surface area contributed by atoms with Gasteiger partial charge >= 0.3 is 0 Å². The second kappa shape index (κ2) is 10.2. The third-order valence-electron chi connectivity index (χ3n) is 4.84. The second-order valence-corrected chi connectivity index (χ2v) is 8.39. The van der Waals surface area contributed by atoms with Gasteiger partial charge in [0, 0.05) is 16.8 Å². The van der Waals surface area contributed by atoms with Crippen LogP contribution in [0.5, 0.6) is 0 Å². The average Bonchev–Trinajstić information content (AvgIpc) is 2.75. The van der Waals surface area contributed by atoms with Crippen molar-refractivity contribution >= 4 is 34.3 Å². The molecular weight excluding hydrogens is 392 g/mol. The number of fused-ring (bicyclic) bond motifs is 1. The number of pyridine rings is 2. The molecule has 0 saturated carbocycles. The van der Waals surface area contributed by atoms with Gasteiger partial charge in [0.1, 0.15) is 11.1 Å². The summed E-state index contributed by atoms with van der Waals surface area (Å²) in [7, 11) is 0. The van der Waals surface area contributed by atoms with Crippen LogP contribution in [0, 0.1) is 18.3 Å². The topological polar surface area (TPSA) is 78.7 Å². The lowest BCUT2D eigenvalue weighted by atomic mass is 10.1. The lowest BCUT2D eigenvalue weighted by Gasteiger charge is -2.17. The number of carbonyl (C=O) groups excluding carboxylic acids is 1. The fourth-order valence-corrected chi connectivity index (χ4v) is 4.24. The minimum Gasteiger partial charge on any atom is -0.324 e. The Hall–Kier alpha value is -2.91. The molecule has 1 N–H and O–H groups in total. The van der Waals surface area contributed by atoms with E-state index in [1.807, 2.05) is 56.3 Å². The quantitative estimate of drug-likeness (QED) is 0.477. The van der Waals surface area contributed by atoms with Crippen LogP contribution < -0.4 is 5.32 Å². The Balaban J connectivity index is 1.83. The van der Waals surface area contributed by atoms with Crippen molar-refractivity contribution in [3.05, 3.63) is 59.4 Å². The van der Waals surface area contributed by atoms with Gasteiger partial charge in [0.25, 0.3) is 0 Å². The van der Waals surface area contributed by atoms with Crippen molar-refractivity contribution in [2.75, 3.05) is 5.32 Å². The fraction of sp³-hybridized carbons (Fsp3) is 0.333. The Morgan fingerprint density at radius 3 is 2.73 bits per heavy atom. The van der Waals surface area contributed by atoms with Gasteiger partial charge in [0.15, 0.2) is 0 Å². The number of amides is 1. The first kappa shape index (κ1) is 21.8. The van der Waals surface area contributed by atoms with Crippen molar-refractivity contribution in [2.45, 2.75) is 56.7 Å². The van der Waals surface area contributed by atoms with Gasteiger partial charge in [0.05, 0.1) is 22.0 Å². The van der Waals surface area contributed by atoms with Crippen LogP contribution in [-0.2, 0) is 11.2 Å². The SMILES string of the molecule is CCCCc1ccc(C#N)c(SC(CC)C(=O)Nc2cc(C)nc3ccccc23)n1. The monoisotopic (exact) mass is 418 g/mol. The van der Waals surface area contributed by atoms with Gasteiger partial charge in [-0.25, -0.2) is 4.98 Å². The predicted molar refractivity (Wildman–Crippen MR) is 123 cm³/mol. The standard InChI is InChI=1S/C24H26N4OS/c1-4-6-9-18-13-12-17(15-25)24(27-18)30-22(5-2)23(29)28-21-14-16(3)26-20-11-8-7-10-19(20)21/h7-8,10-14,22H,4-6,9H2,1-3H3,(H,26,28,29). The molecule has 30 heavy (non-hydrogen) atoms. The summed E-state index contributed by atoms with van der Waals surface area (Å²) in [6.07, 6.45) is 3.64. The minimum atomic E-state index is -0.349. The predicted octanol–water partition coefficient (Wildman–Crippen LogP) is 5.66. The van der Waals surface area contributed by atoms with E-state index in [1.54, 1.807) is 0 Å². The first-order valence-electron chi connectivity index (χ1n) is 10.3. The van der Waals surface area contributed by atoms with Gasteiger partial charge in [-0.15, -0.1) is 0 Å². The maximum absolute atomic E-state index is 13.1. The lowest BCUT2D eigenvalue weighted by molar-refractivity contribution is -0.115. The highest BCUT2D eigenvalue weighted by Gasteiger charge is 2.22. The number of hydrogen-bond acceptors (Lipinski definition) is 5. The van der Waals surface area contributed by atoms with Gasteiger partial charge < -0.3 is 5.32 Å². The highest BCUT2D eigenvalue weighted by molar-refractivity contribution is 8.00. The molecule has 3 aromatic rings. The molecule has 1 aromatic carbocycles. The van der Waals surface area contributed by atoms with Gasteiger partial charge in [-0.2, -0.15) is 5.26 Å². The summed E-state index contributed by atoms with van der Waals surface area (Å²) in [6.45, 7) is 6.03.